The fraction of sp³-hybridized carbons (Fsp3) is 0.643. The van der Waals surface area contributed by atoms with E-state index in [0.717, 1.165) is 17.7 Å². The van der Waals surface area contributed by atoms with E-state index < -0.39 is 0 Å². The number of rotatable bonds is 6. The lowest BCUT2D eigenvalue weighted by Gasteiger charge is -2.25. The number of aromatic nitrogens is 1. The molecule has 0 bridgehead atoms. The summed E-state index contributed by atoms with van der Waals surface area (Å²) in [5.41, 5.74) is 1.18. The summed E-state index contributed by atoms with van der Waals surface area (Å²) in [6, 6.07) is 4.08. The van der Waals surface area contributed by atoms with Gasteiger partial charge < -0.3 is 4.90 Å². The fourth-order valence-corrected chi connectivity index (χ4v) is 2.50. The molecule has 0 aliphatic heterocycles. The normalized spacial score (nSPS) is 19.4. The van der Waals surface area contributed by atoms with Crippen molar-refractivity contribution in [1.82, 2.24) is 4.98 Å². The molecular weight excluding hydrogens is 232 g/mol. The fourth-order valence-electron chi connectivity index (χ4n) is 2.29. The van der Waals surface area contributed by atoms with Gasteiger partial charge in [-0.2, -0.15) is 0 Å². The number of anilines is 1. The van der Waals surface area contributed by atoms with Crippen molar-refractivity contribution in [3.05, 3.63) is 23.9 Å². The van der Waals surface area contributed by atoms with Crippen LogP contribution in [-0.4, -0.2) is 18.1 Å². The third-order valence-corrected chi connectivity index (χ3v) is 3.95. The molecule has 17 heavy (non-hydrogen) atoms. The largest absolute Gasteiger partial charge is 0.356 e. The van der Waals surface area contributed by atoms with Crippen molar-refractivity contribution in [1.29, 1.82) is 0 Å². The summed E-state index contributed by atoms with van der Waals surface area (Å²) in [4.78, 5) is 7.03. The summed E-state index contributed by atoms with van der Waals surface area (Å²) in [5.74, 6) is 3.49. The second-order valence-electron chi connectivity index (χ2n) is 5.41. The molecule has 0 amide bonds. The van der Waals surface area contributed by atoms with Gasteiger partial charge in [0.05, 0.1) is 5.88 Å². The molecule has 0 radical (unpaired) electrons. The first-order valence-electron chi connectivity index (χ1n) is 6.61. The first-order valence-corrected chi connectivity index (χ1v) is 7.15. The van der Waals surface area contributed by atoms with E-state index in [1.165, 1.54) is 44.3 Å². The van der Waals surface area contributed by atoms with Gasteiger partial charge in [0.15, 0.2) is 0 Å². The molecule has 2 nitrogen and oxygen atoms in total. The SMILES string of the molecule is ClCc1cccnc1N(CC1CC1)CC1CC1. The average Bonchev–Trinajstić information content (AvgIpc) is 3.23. The second kappa shape index (κ2) is 4.85. The Balaban J connectivity index is 1.78. The van der Waals surface area contributed by atoms with Crippen LogP contribution in [0.4, 0.5) is 5.82 Å². The number of nitrogens with zero attached hydrogens (tertiary/aromatic N) is 2. The van der Waals surface area contributed by atoms with Gasteiger partial charge in [-0.1, -0.05) is 6.07 Å². The van der Waals surface area contributed by atoms with E-state index in [1.807, 2.05) is 12.3 Å². The minimum absolute atomic E-state index is 0.564. The monoisotopic (exact) mass is 250 g/mol. The summed E-state index contributed by atoms with van der Waals surface area (Å²) in [6.07, 6.45) is 7.46. The second-order valence-corrected chi connectivity index (χ2v) is 5.68. The van der Waals surface area contributed by atoms with Crippen molar-refractivity contribution in [2.45, 2.75) is 31.6 Å². The zero-order chi connectivity index (χ0) is 11.7. The lowest BCUT2D eigenvalue weighted by Crippen LogP contribution is -2.29. The molecule has 1 aromatic heterocycles. The van der Waals surface area contributed by atoms with Gasteiger partial charge in [-0.3, -0.25) is 0 Å². The van der Waals surface area contributed by atoms with Crippen molar-refractivity contribution < 1.29 is 0 Å². The Labute approximate surface area is 108 Å². The molecule has 2 aliphatic rings. The molecule has 2 aliphatic carbocycles. The molecule has 3 heteroatoms. The predicted molar refractivity (Wildman–Crippen MR) is 71.5 cm³/mol. The first-order chi connectivity index (χ1) is 8.36. The van der Waals surface area contributed by atoms with Gasteiger partial charge in [-0.25, -0.2) is 4.98 Å². The molecule has 1 heterocycles. The molecule has 0 N–H and O–H groups in total. The van der Waals surface area contributed by atoms with Crippen LogP contribution >= 0.6 is 11.6 Å². The van der Waals surface area contributed by atoms with Crippen LogP contribution in [0.1, 0.15) is 31.2 Å². The topological polar surface area (TPSA) is 16.1 Å². The average molecular weight is 251 g/mol. The van der Waals surface area contributed by atoms with Gasteiger partial charge in [0, 0.05) is 24.8 Å². The van der Waals surface area contributed by atoms with Gasteiger partial charge in [-0.05, 0) is 43.6 Å². The molecule has 0 saturated heterocycles. The van der Waals surface area contributed by atoms with Crippen LogP contribution < -0.4 is 4.90 Å². The molecule has 92 valence electrons. The number of halogens is 1. The quantitative estimate of drug-likeness (QED) is 0.719. The van der Waals surface area contributed by atoms with E-state index in [4.69, 9.17) is 11.6 Å². The summed E-state index contributed by atoms with van der Waals surface area (Å²) >= 11 is 6.01. The minimum Gasteiger partial charge on any atom is -0.356 e. The Morgan fingerprint density at radius 1 is 1.18 bits per heavy atom. The third-order valence-electron chi connectivity index (χ3n) is 3.66. The molecular formula is C14H19ClN2. The van der Waals surface area contributed by atoms with Crippen LogP contribution in [-0.2, 0) is 5.88 Å². The van der Waals surface area contributed by atoms with E-state index in [9.17, 15) is 0 Å². The Hall–Kier alpha value is -0.760. The number of pyridine rings is 1. The lowest BCUT2D eigenvalue weighted by molar-refractivity contribution is 0.669. The zero-order valence-electron chi connectivity index (χ0n) is 10.1. The maximum atomic E-state index is 6.01. The van der Waals surface area contributed by atoms with Crippen LogP contribution in [0.5, 0.6) is 0 Å². The number of alkyl halides is 1. The third kappa shape index (κ3) is 2.92. The summed E-state index contributed by atoms with van der Waals surface area (Å²) in [6.45, 7) is 2.36. The summed E-state index contributed by atoms with van der Waals surface area (Å²) < 4.78 is 0. The lowest BCUT2D eigenvalue weighted by atomic mass is 10.2. The molecule has 1 aromatic rings. The standard InChI is InChI=1S/C14H19ClN2/c15-8-13-2-1-7-16-14(13)17(9-11-3-4-11)10-12-5-6-12/h1-2,7,11-12H,3-6,8-10H2. The molecule has 0 atom stereocenters. The highest BCUT2D eigenvalue weighted by atomic mass is 35.5. The van der Waals surface area contributed by atoms with Gasteiger partial charge >= 0.3 is 0 Å². The zero-order valence-corrected chi connectivity index (χ0v) is 10.9. The molecule has 2 fully saturated rings. The van der Waals surface area contributed by atoms with Crippen LogP contribution in [0.25, 0.3) is 0 Å². The molecule has 3 rings (SSSR count). The number of hydrogen-bond donors (Lipinski definition) is 0. The first kappa shape index (κ1) is 11.3. The van der Waals surface area contributed by atoms with Crippen molar-refractivity contribution in [3.63, 3.8) is 0 Å². The Bertz CT molecular complexity index is 372. The van der Waals surface area contributed by atoms with Gasteiger partial charge in [0.25, 0.3) is 0 Å². The molecule has 0 aromatic carbocycles. The highest BCUT2D eigenvalue weighted by molar-refractivity contribution is 6.17. The highest BCUT2D eigenvalue weighted by Crippen LogP contribution is 2.36. The van der Waals surface area contributed by atoms with Gasteiger partial charge in [-0.15, -0.1) is 11.6 Å². The Kier molecular flexibility index (Phi) is 3.24. The molecule has 0 spiro atoms. The van der Waals surface area contributed by atoms with E-state index in [1.54, 1.807) is 0 Å². The maximum Gasteiger partial charge on any atom is 0.132 e. The van der Waals surface area contributed by atoms with Crippen LogP contribution in [0, 0.1) is 11.8 Å². The van der Waals surface area contributed by atoms with Crippen LogP contribution in [0.15, 0.2) is 18.3 Å². The van der Waals surface area contributed by atoms with Crippen molar-refractivity contribution in [2.24, 2.45) is 11.8 Å². The highest BCUT2D eigenvalue weighted by Gasteiger charge is 2.30. The van der Waals surface area contributed by atoms with E-state index in [2.05, 4.69) is 16.0 Å². The van der Waals surface area contributed by atoms with E-state index in [-0.39, 0.29) is 0 Å². The molecule has 2 saturated carbocycles. The van der Waals surface area contributed by atoms with Crippen LogP contribution in [0.3, 0.4) is 0 Å². The summed E-state index contributed by atoms with van der Waals surface area (Å²) in [7, 11) is 0. The minimum atomic E-state index is 0.564. The van der Waals surface area contributed by atoms with Crippen molar-refractivity contribution >= 4 is 17.4 Å². The smallest absolute Gasteiger partial charge is 0.132 e. The van der Waals surface area contributed by atoms with E-state index >= 15 is 0 Å². The van der Waals surface area contributed by atoms with E-state index in [0.29, 0.717) is 5.88 Å². The predicted octanol–water partition coefficient (Wildman–Crippen LogP) is 3.45. The Morgan fingerprint density at radius 3 is 2.35 bits per heavy atom. The summed E-state index contributed by atoms with van der Waals surface area (Å²) in [5, 5.41) is 0. The van der Waals surface area contributed by atoms with Crippen molar-refractivity contribution in [2.75, 3.05) is 18.0 Å². The number of hydrogen-bond acceptors (Lipinski definition) is 2. The Morgan fingerprint density at radius 2 is 1.82 bits per heavy atom. The van der Waals surface area contributed by atoms with Gasteiger partial charge in [0.2, 0.25) is 0 Å². The maximum absolute atomic E-state index is 6.01. The van der Waals surface area contributed by atoms with Gasteiger partial charge in [0.1, 0.15) is 5.82 Å². The van der Waals surface area contributed by atoms with Crippen molar-refractivity contribution in [3.8, 4) is 0 Å². The van der Waals surface area contributed by atoms with Crippen LogP contribution in [0.2, 0.25) is 0 Å². The molecule has 0 unspecified atom stereocenters.